The predicted molar refractivity (Wildman–Crippen MR) is 92.8 cm³/mol. The van der Waals surface area contributed by atoms with E-state index in [0.29, 0.717) is 0 Å². The summed E-state index contributed by atoms with van der Waals surface area (Å²) >= 11 is 3.59. The fourth-order valence-corrected chi connectivity index (χ4v) is 4.35. The summed E-state index contributed by atoms with van der Waals surface area (Å²) in [5.74, 6) is 2.77. The molecule has 1 aliphatic heterocycles. The van der Waals surface area contributed by atoms with Gasteiger partial charge in [-0.25, -0.2) is 4.98 Å². The molecule has 4 rings (SSSR count). The number of rotatable bonds is 3. The van der Waals surface area contributed by atoms with Crippen molar-refractivity contribution in [2.75, 3.05) is 17.2 Å². The molecule has 3 heterocycles. The van der Waals surface area contributed by atoms with E-state index in [4.69, 9.17) is 9.40 Å². The molecule has 0 spiro atoms. The molecule has 0 saturated carbocycles. The van der Waals surface area contributed by atoms with Crippen LogP contribution in [0, 0.1) is 6.92 Å². The van der Waals surface area contributed by atoms with Gasteiger partial charge in [-0.15, -0.1) is 23.1 Å². The Morgan fingerprint density at radius 3 is 3.00 bits per heavy atom. The van der Waals surface area contributed by atoms with Crippen LogP contribution in [0.2, 0.25) is 0 Å². The van der Waals surface area contributed by atoms with Gasteiger partial charge < -0.3 is 9.32 Å². The summed E-state index contributed by atoms with van der Waals surface area (Å²) in [6.45, 7) is 3.85. The summed E-state index contributed by atoms with van der Waals surface area (Å²) < 4.78 is 5.86. The second-order valence-corrected chi connectivity index (χ2v) is 7.32. The number of hydrogen-bond acceptors (Lipinski definition) is 5. The van der Waals surface area contributed by atoms with Gasteiger partial charge in [-0.05, 0) is 30.5 Å². The lowest BCUT2D eigenvalue weighted by atomic mass is 10.2. The van der Waals surface area contributed by atoms with Gasteiger partial charge in [0.15, 0.2) is 0 Å². The van der Waals surface area contributed by atoms with Crippen molar-refractivity contribution >= 4 is 28.8 Å². The number of oxazole rings is 1. The van der Waals surface area contributed by atoms with Crippen molar-refractivity contribution in [2.45, 2.75) is 18.4 Å². The van der Waals surface area contributed by atoms with Gasteiger partial charge in [0.25, 0.3) is 0 Å². The van der Waals surface area contributed by atoms with Gasteiger partial charge in [0.1, 0.15) is 11.5 Å². The molecule has 3 nitrogen and oxygen atoms in total. The Balaban J connectivity index is 1.62. The highest BCUT2D eigenvalue weighted by Crippen LogP contribution is 2.35. The van der Waals surface area contributed by atoms with Crippen LogP contribution in [0.5, 0.6) is 0 Å². The van der Waals surface area contributed by atoms with E-state index in [-0.39, 0.29) is 0 Å². The summed E-state index contributed by atoms with van der Waals surface area (Å²) in [6, 6.07) is 12.7. The lowest BCUT2D eigenvalue weighted by Gasteiger charge is -2.30. The molecule has 0 aliphatic carbocycles. The number of aryl methyl sites for hydroxylation is 1. The van der Waals surface area contributed by atoms with Crippen LogP contribution in [-0.2, 0) is 6.54 Å². The van der Waals surface area contributed by atoms with Crippen molar-refractivity contribution in [3.8, 4) is 10.8 Å². The maximum absolute atomic E-state index is 5.86. The van der Waals surface area contributed by atoms with E-state index in [1.165, 1.54) is 10.6 Å². The molecule has 3 aromatic rings. The Labute approximate surface area is 138 Å². The topological polar surface area (TPSA) is 29.3 Å². The van der Waals surface area contributed by atoms with Gasteiger partial charge in [0, 0.05) is 17.2 Å². The number of nitrogens with zero attached hydrogens (tertiary/aromatic N) is 2. The van der Waals surface area contributed by atoms with E-state index in [9.17, 15) is 0 Å². The van der Waals surface area contributed by atoms with Crippen molar-refractivity contribution in [3.05, 3.63) is 53.2 Å². The van der Waals surface area contributed by atoms with Gasteiger partial charge in [-0.1, -0.05) is 18.2 Å². The molecule has 112 valence electrons. The van der Waals surface area contributed by atoms with Crippen LogP contribution in [0.3, 0.4) is 0 Å². The van der Waals surface area contributed by atoms with Crippen LogP contribution in [0.4, 0.5) is 5.69 Å². The van der Waals surface area contributed by atoms with Gasteiger partial charge >= 0.3 is 0 Å². The van der Waals surface area contributed by atoms with E-state index < -0.39 is 0 Å². The number of fused-ring (bicyclic) bond motifs is 1. The highest BCUT2D eigenvalue weighted by molar-refractivity contribution is 7.99. The van der Waals surface area contributed by atoms with Crippen LogP contribution in [0.25, 0.3) is 10.8 Å². The van der Waals surface area contributed by atoms with Crippen molar-refractivity contribution in [1.29, 1.82) is 0 Å². The fraction of sp³-hybridized carbons (Fsp3) is 0.235. The van der Waals surface area contributed by atoms with Crippen molar-refractivity contribution < 1.29 is 4.42 Å². The first-order valence-corrected chi connectivity index (χ1v) is 9.15. The minimum Gasteiger partial charge on any atom is -0.440 e. The molecule has 0 bridgehead atoms. The average molecular weight is 328 g/mol. The first-order chi connectivity index (χ1) is 10.8. The lowest BCUT2D eigenvalue weighted by molar-refractivity contribution is 0.540. The molecule has 0 atom stereocenters. The van der Waals surface area contributed by atoms with Gasteiger partial charge in [0.05, 0.1) is 17.1 Å². The predicted octanol–water partition coefficient (Wildman–Crippen LogP) is 4.82. The zero-order valence-corrected chi connectivity index (χ0v) is 13.9. The minimum atomic E-state index is 0.738. The highest BCUT2D eigenvalue weighted by Gasteiger charge is 2.20. The number of benzene rings is 1. The third kappa shape index (κ3) is 2.55. The molecular weight excluding hydrogens is 312 g/mol. The van der Waals surface area contributed by atoms with E-state index >= 15 is 0 Å². The molecule has 0 fully saturated rings. The van der Waals surface area contributed by atoms with E-state index in [1.807, 2.05) is 36.2 Å². The van der Waals surface area contributed by atoms with E-state index in [1.54, 1.807) is 11.3 Å². The maximum Gasteiger partial charge on any atom is 0.236 e. The Morgan fingerprint density at radius 2 is 2.14 bits per heavy atom. The SMILES string of the molecule is Cc1oc(-c2cccs2)nc1CN1CCSc2ccccc21. The largest absolute Gasteiger partial charge is 0.440 e. The Bertz CT molecular complexity index is 780. The molecule has 0 saturated heterocycles. The highest BCUT2D eigenvalue weighted by atomic mass is 32.2. The van der Waals surface area contributed by atoms with Crippen LogP contribution in [0.1, 0.15) is 11.5 Å². The third-order valence-corrected chi connectivity index (χ3v) is 5.69. The normalized spacial score (nSPS) is 14.1. The number of thiophene rings is 1. The fourth-order valence-electron chi connectivity index (χ4n) is 2.65. The molecule has 1 aromatic carbocycles. The molecule has 2 aromatic heterocycles. The zero-order chi connectivity index (χ0) is 14.9. The minimum absolute atomic E-state index is 0.738. The Kier molecular flexibility index (Phi) is 3.68. The molecular formula is C17H16N2OS2. The molecule has 0 unspecified atom stereocenters. The molecule has 22 heavy (non-hydrogen) atoms. The van der Waals surface area contributed by atoms with Gasteiger partial charge in [-0.2, -0.15) is 0 Å². The summed E-state index contributed by atoms with van der Waals surface area (Å²) in [7, 11) is 0. The van der Waals surface area contributed by atoms with Crippen LogP contribution >= 0.6 is 23.1 Å². The Morgan fingerprint density at radius 1 is 1.23 bits per heavy atom. The first-order valence-electron chi connectivity index (χ1n) is 7.28. The standard InChI is InChI=1S/C17H16N2OS2/c1-12-13(18-17(20-12)16-7-4-9-21-16)11-19-8-10-22-15-6-3-2-5-14(15)19/h2-7,9H,8,10-11H2,1H3. The quantitative estimate of drug-likeness (QED) is 0.689. The Hall–Kier alpha value is -1.72. The first kappa shape index (κ1) is 13.9. The second-order valence-electron chi connectivity index (χ2n) is 5.24. The van der Waals surface area contributed by atoms with Crippen molar-refractivity contribution in [1.82, 2.24) is 4.98 Å². The molecule has 0 N–H and O–H groups in total. The van der Waals surface area contributed by atoms with Crippen LogP contribution < -0.4 is 4.90 Å². The number of anilines is 1. The lowest BCUT2D eigenvalue weighted by Crippen LogP contribution is -2.28. The van der Waals surface area contributed by atoms with Crippen LogP contribution in [-0.4, -0.2) is 17.3 Å². The monoisotopic (exact) mass is 328 g/mol. The van der Waals surface area contributed by atoms with Crippen LogP contribution in [0.15, 0.2) is 51.1 Å². The molecule has 0 radical (unpaired) electrons. The number of hydrogen-bond donors (Lipinski definition) is 0. The van der Waals surface area contributed by atoms with Crippen molar-refractivity contribution in [3.63, 3.8) is 0 Å². The number of thioether (sulfide) groups is 1. The summed E-state index contributed by atoms with van der Waals surface area (Å²) in [5.41, 5.74) is 2.34. The third-order valence-electron chi connectivity index (χ3n) is 3.79. The summed E-state index contributed by atoms with van der Waals surface area (Å²) in [5, 5.41) is 2.05. The number of para-hydroxylation sites is 1. The molecule has 0 amide bonds. The molecule has 1 aliphatic rings. The smallest absolute Gasteiger partial charge is 0.236 e. The van der Waals surface area contributed by atoms with E-state index in [2.05, 4.69) is 29.2 Å². The van der Waals surface area contributed by atoms with E-state index in [0.717, 1.165) is 41.1 Å². The molecule has 5 heteroatoms. The van der Waals surface area contributed by atoms with Gasteiger partial charge in [-0.3, -0.25) is 0 Å². The number of aromatic nitrogens is 1. The van der Waals surface area contributed by atoms with Crippen molar-refractivity contribution in [2.24, 2.45) is 0 Å². The zero-order valence-electron chi connectivity index (χ0n) is 12.3. The second kappa shape index (κ2) is 5.82. The van der Waals surface area contributed by atoms with Gasteiger partial charge in [0.2, 0.25) is 5.89 Å². The maximum atomic E-state index is 5.86. The average Bonchev–Trinajstić information content (AvgIpc) is 3.18. The summed E-state index contributed by atoms with van der Waals surface area (Å²) in [6.07, 6.45) is 0. The summed E-state index contributed by atoms with van der Waals surface area (Å²) in [4.78, 5) is 9.55.